The molecule has 1 saturated carbocycles. The Morgan fingerprint density at radius 3 is 2.05 bits per heavy atom. The zero-order chi connectivity index (χ0) is 14.1. The monoisotopic (exact) mass is 327 g/mol. The number of hydrogen-bond donors (Lipinski definition) is 2. The summed E-state index contributed by atoms with van der Waals surface area (Å²) >= 11 is 0. The molecule has 0 amide bonds. The van der Waals surface area contributed by atoms with E-state index < -0.39 is 10.2 Å². The number of nitrogens with zero attached hydrogens (tertiary/aromatic N) is 1. The molecule has 1 aliphatic rings. The molecule has 0 heterocycles. The summed E-state index contributed by atoms with van der Waals surface area (Å²) in [5.41, 5.74) is 0. The lowest BCUT2D eigenvalue weighted by Gasteiger charge is -2.20. The largest absolute Gasteiger partial charge is 0.313 e. The second-order valence-corrected chi connectivity index (χ2v) is 6.88. The molecule has 0 aromatic rings. The smallest absolute Gasteiger partial charge is 0.279 e. The van der Waals surface area contributed by atoms with Gasteiger partial charge in [0.05, 0.1) is 0 Å². The van der Waals surface area contributed by atoms with Crippen molar-refractivity contribution in [1.82, 2.24) is 14.3 Å². The van der Waals surface area contributed by atoms with Gasteiger partial charge in [0.25, 0.3) is 10.2 Å². The van der Waals surface area contributed by atoms with Gasteiger partial charge in [-0.1, -0.05) is 39.5 Å². The molecular weight excluding hydrogens is 298 g/mol. The van der Waals surface area contributed by atoms with Gasteiger partial charge in [0, 0.05) is 32.2 Å². The number of hydrogen-bond acceptors (Lipinski definition) is 3. The molecule has 1 aliphatic carbocycles. The zero-order valence-electron chi connectivity index (χ0n) is 12.7. The molecule has 1 rings (SSSR count). The van der Waals surface area contributed by atoms with Crippen LogP contribution < -0.4 is 10.0 Å². The first-order valence-corrected chi connectivity index (χ1v) is 9.02. The lowest BCUT2D eigenvalue weighted by atomic mass is 10.1. The molecular formula is C13H30ClN3O2S. The zero-order valence-corrected chi connectivity index (χ0v) is 14.4. The third-order valence-electron chi connectivity index (χ3n) is 3.74. The molecule has 0 spiro atoms. The molecule has 2 N–H and O–H groups in total. The Hall–Kier alpha value is 0.120. The Bertz CT molecular complexity index is 327. The van der Waals surface area contributed by atoms with Crippen molar-refractivity contribution in [1.29, 1.82) is 0 Å². The molecule has 0 unspecified atom stereocenters. The van der Waals surface area contributed by atoms with Crippen molar-refractivity contribution in [2.24, 2.45) is 0 Å². The van der Waals surface area contributed by atoms with Crippen molar-refractivity contribution in [3.05, 3.63) is 0 Å². The van der Waals surface area contributed by atoms with Crippen LogP contribution in [0.5, 0.6) is 0 Å². The summed E-state index contributed by atoms with van der Waals surface area (Å²) in [6.07, 6.45) is 7.72. The standard InChI is InChI=1S/C13H29N3O2S.ClH/c1-3-16(4-2)19(17,18)15-12-11-14-13-9-7-5-6-8-10-13;/h13-15H,3-12H2,1-2H3;1H. The van der Waals surface area contributed by atoms with Gasteiger partial charge in [0.15, 0.2) is 0 Å². The Morgan fingerprint density at radius 1 is 1.00 bits per heavy atom. The quantitative estimate of drug-likeness (QED) is 0.528. The molecule has 0 atom stereocenters. The maximum atomic E-state index is 11.9. The average molecular weight is 328 g/mol. The first-order valence-electron chi connectivity index (χ1n) is 7.58. The molecule has 0 aliphatic heterocycles. The van der Waals surface area contributed by atoms with Crippen molar-refractivity contribution in [3.8, 4) is 0 Å². The van der Waals surface area contributed by atoms with E-state index in [9.17, 15) is 8.42 Å². The number of halogens is 1. The van der Waals surface area contributed by atoms with Crippen LogP contribution in [0.4, 0.5) is 0 Å². The van der Waals surface area contributed by atoms with Crippen LogP contribution in [0.25, 0.3) is 0 Å². The summed E-state index contributed by atoms with van der Waals surface area (Å²) < 4.78 is 27.9. The fraction of sp³-hybridized carbons (Fsp3) is 1.00. The van der Waals surface area contributed by atoms with Gasteiger partial charge < -0.3 is 5.32 Å². The van der Waals surface area contributed by atoms with Crippen molar-refractivity contribution >= 4 is 22.6 Å². The van der Waals surface area contributed by atoms with Crippen molar-refractivity contribution in [3.63, 3.8) is 0 Å². The predicted molar refractivity (Wildman–Crippen MR) is 86.6 cm³/mol. The maximum Gasteiger partial charge on any atom is 0.279 e. The van der Waals surface area contributed by atoms with Gasteiger partial charge >= 0.3 is 0 Å². The van der Waals surface area contributed by atoms with E-state index in [2.05, 4.69) is 10.0 Å². The summed E-state index contributed by atoms with van der Waals surface area (Å²) in [5, 5.41) is 3.46. The third kappa shape index (κ3) is 7.22. The van der Waals surface area contributed by atoms with Crippen LogP contribution in [0.15, 0.2) is 0 Å². The van der Waals surface area contributed by atoms with Gasteiger partial charge in [-0.25, -0.2) is 4.72 Å². The highest BCUT2D eigenvalue weighted by atomic mass is 35.5. The summed E-state index contributed by atoms with van der Waals surface area (Å²) in [5.74, 6) is 0. The van der Waals surface area contributed by atoms with Gasteiger partial charge in [-0.15, -0.1) is 12.4 Å². The van der Waals surface area contributed by atoms with E-state index in [1.165, 1.54) is 42.8 Å². The number of rotatable bonds is 8. The fourth-order valence-corrected chi connectivity index (χ4v) is 3.82. The van der Waals surface area contributed by atoms with E-state index in [1.54, 1.807) is 0 Å². The van der Waals surface area contributed by atoms with Gasteiger partial charge in [0.1, 0.15) is 0 Å². The van der Waals surface area contributed by atoms with Crippen LogP contribution in [0, 0.1) is 0 Å². The second-order valence-electron chi connectivity index (χ2n) is 5.13. The van der Waals surface area contributed by atoms with E-state index in [-0.39, 0.29) is 12.4 Å². The summed E-state index contributed by atoms with van der Waals surface area (Å²) in [6, 6.07) is 0.570. The molecule has 122 valence electrons. The highest BCUT2D eigenvalue weighted by Gasteiger charge is 2.17. The maximum absolute atomic E-state index is 11.9. The van der Waals surface area contributed by atoms with Crippen LogP contribution in [0.3, 0.4) is 0 Å². The van der Waals surface area contributed by atoms with E-state index in [1.807, 2.05) is 13.8 Å². The SMILES string of the molecule is CCN(CC)S(=O)(=O)NCCNC1CCCCCC1.Cl. The van der Waals surface area contributed by atoms with E-state index >= 15 is 0 Å². The minimum absolute atomic E-state index is 0. The Labute approximate surface area is 130 Å². The Kier molecular flexibility index (Phi) is 10.9. The van der Waals surface area contributed by atoms with E-state index in [0.717, 1.165) is 0 Å². The third-order valence-corrected chi connectivity index (χ3v) is 5.51. The first kappa shape index (κ1) is 20.1. The van der Waals surface area contributed by atoms with Gasteiger partial charge in [-0.05, 0) is 12.8 Å². The molecule has 7 heteroatoms. The summed E-state index contributed by atoms with van der Waals surface area (Å²) in [6.45, 7) is 5.92. The predicted octanol–water partition coefficient (Wildman–Crippen LogP) is 1.90. The normalized spacial score (nSPS) is 17.8. The summed E-state index contributed by atoms with van der Waals surface area (Å²) in [7, 11) is -3.29. The lowest BCUT2D eigenvalue weighted by Crippen LogP contribution is -2.44. The minimum atomic E-state index is -3.29. The molecule has 0 saturated heterocycles. The first-order chi connectivity index (χ1) is 9.10. The molecule has 5 nitrogen and oxygen atoms in total. The van der Waals surface area contributed by atoms with Crippen molar-refractivity contribution in [2.75, 3.05) is 26.2 Å². The van der Waals surface area contributed by atoms with Gasteiger partial charge in [-0.2, -0.15) is 12.7 Å². The average Bonchev–Trinajstić information content (AvgIpc) is 2.64. The van der Waals surface area contributed by atoms with Crippen molar-refractivity contribution in [2.45, 2.75) is 58.4 Å². The highest BCUT2D eigenvalue weighted by molar-refractivity contribution is 7.87. The summed E-state index contributed by atoms with van der Waals surface area (Å²) in [4.78, 5) is 0. The topological polar surface area (TPSA) is 61.4 Å². The molecule has 0 radical (unpaired) electrons. The molecule has 0 bridgehead atoms. The van der Waals surface area contributed by atoms with Crippen LogP contribution >= 0.6 is 12.4 Å². The molecule has 20 heavy (non-hydrogen) atoms. The fourth-order valence-electron chi connectivity index (χ4n) is 2.59. The van der Waals surface area contributed by atoms with E-state index in [0.29, 0.717) is 32.2 Å². The second kappa shape index (κ2) is 10.8. The van der Waals surface area contributed by atoms with Gasteiger partial charge in [0.2, 0.25) is 0 Å². The molecule has 0 aromatic carbocycles. The van der Waals surface area contributed by atoms with E-state index in [4.69, 9.17) is 0 Å². The Morgan fingerprint density at radius 2 is 1.55 bits per heavy atom. The van der Waals surface area contributed by atoms with Crippen molar-refractivity contribution < 1.29 is 8.42 Å². The van der Waals surface area contributed by atoms with Crippen LogP contribution in [0.2, 0.25) is 0 Å². The molecule has 0 aromatic heterocycles. The minimum Gasteiger partial charge on any atom is -0.313 e. The van der Waals surface area contributed by atoms with Crippen LogP contribution in [-0.4, -0.2) is 44.9 Å². The lowest BCUT2D eigenvalue weighted by molar-refractivity contribution is 0.428. The number of nitrogens with one attached hydrogen (secondary N) is 2. The van der Waals surface area contributed by atoms with Gasteiger partial charge in [-0.3, -0.25) is 0 Å². The molecule has 1 fully saturated rings. The Balaban J connectivity index is 0.00000361. The van der Waals surface area contributed by atoms with Crippen LogP contribution in [-0.2, 0) is 10.2 Å². The van der Waals surface area contributed by atoms with Crippen LogP contribution in [0.1, 0.15) is 52.4 Å². The highest BCUT2D eigenvalue weighted by Crippen LogP contribution is 2.16.